The molecule has 2 rings (SSSR count). The molecule has 0 aliphatic carbocycles. The van der Waals surface area contributed by atoms with Gasteiger partial charge in [-0.05, 0) is 6.07 Å². The van der Waals surface area contributed by atoms with E-state index < -0.39 is 10.7 Å². The van der Waals surface area contributed by atoms with Crippen molar-refractivity contribution in [1.29, 1.82) is 0 Å². The van der Waals surface area contributed by atoms with Crippen LogP contribution >= 0.6 is 11.6 Å². The maximum atomic E-state index is 13.5. The first-order valence-corrected chi connectivity index (χ1v) is 4.74. The lowest BCUT2D eigenvalue weighted by molar-refractivity contribution is -0.400. The first-order chi connectivity index (χ1) is 7.59. The fourth-order valence-electron chi connectivity index (χ4n) is 1.44. The number of H-pyrrole nitrogens is 1. The van der Waals surface area contributed by atoms with Gasteiger partial charge in [0.05, 0.1) is 15.5 Å². The third-order valence-electron chi connectivity index (χ3n) is 2.15. The van der Waals surface area contributed by atoms with E-state index in [9.17, 15) is 14.5 Å². The number of hydrogen-bond donors (Lipinski definition) is 1. The highest BCUT2D eigenvalue weighted by Gasteiger charge is 2.09. The summed E-state index contributed by atoms with van der Waals surface area (Å²) in [5.74, 6) is -0.556. The number of nitrogens with zero attached hydrogens (tertiary/aromatic N) is 1. The van der Waals surface area contributed by atoms with E-state index in [1.165, 1.54) is 18.3 Å². The van der Waals surface area contributed by atoms with Crippen molar-refractivity contribution in [2.45, 2.75) is 0 Å². The van der Waals surface area contributed by atoms with Crippen LogP contribution in [0.1, 0.15) is 5.56 Å². The summed E-state index contributed by atoms with van der Waals surface area (Å²) in [6.45, 7) is 0. The predicted octanol–water partition coefficient (Wildman–Crippen LogP) is 3.21. The number of nitro groups is 1. The third kappa shape index (κ3) is 1.77. The second kappa shape index (κ2) is 3.94. The Bertz CT molecular complexity index is 592. The average molecular weight is 241 g/mol. The first kappa shape index (κ1) is 10.6. The van der Waals surface area contributed by atoms with Gasteiger partial charge in [-0.15, -0.1) is 0 Å². The molecule has 1 aromatic heterocycles. The molecule has 0 amide bonds. The van der Waals surface area contributed by atoms with Gasteiger partial charge in [0.25, 0.3) is 0 Å². The zero-order chi connectivity index (χ0) is 11.7. The molecular weight excluding hydrogens is 235 g/mol. The van der Waals surface area contributed by atoms with E-state index in [1.807, 2.05) is 0 Å². The maximum Gasteiger partial charge on any atom is 0.235 e. The van der Waals surface area contributed by atoms with Gasteiger partial charge in [0.1, 0.15) is 0 Å². The summed E-state index contributed by atoms with van der Waals surface area (Å²) in [5.41, 5.74) is 0.790. The number of hydrogen-bond acceptors (Lipinski definition) is 2. The fourth-order valence-corrected chi connectivity index (χ4v) is 1.60. The topological polar surface area (TPSA) is 58.9 Å². The lowest BCUT2D eigenvalue weighted by Gasteiger charge is -1.95. The molecule has 2 aromatic rings. The molecule has 16 heavy (non-hydrogen) atoms. The van der Waals surface area contributed by atoms with Gasteiger partial charge in [-0.25, -0.2) is 4.39 Å². The minimum Gasteiger partial charge on any atom is -0.358 e. The number of aromatic amines is 1. The molecular formula is C10H6ClFN2O2. The minimum absolute atomic E-state index is 0.0131. The van der Waals surface area contributed by atoms with Crippen LogP contribution in [0.5, 0.6) is 0 Å². The van der Waals surface area contributed by atoms with Crippen molar-refractivity contribution in [3.63, 3.8) is 0 Å². The van der Waals surface area contributed by atoms with Gasteiger partial charge in [0.15, 0.2) is 5.82 Å². The van der Waals surface area contributed by atoms with Gasteiger partial charge in [-0.2, -0.15) is 0 Å². The highest BCUT2D eigenvalue weighted by atomic mass is 35.5. The molecule has 0 aliphatic heterocycles. The van der Waals surface area contributed by atoms with E-state index in [-0.39, 0.29) is 10.5 Å². The van der Waals surface area contributed by atoms with Gasteiger partial charge in [-0.3, -0.25) is 10.1 Å². The molecule has 1 heterocycles. The molecule has 82 valence electrons. The zero-order valence-corrected chi connectivity index (χ0v) is 8.66. The molecule has 0 unspecified atom stereocenters. The Hall–Kier alpha value is -1.88. The van der Waals surface area contributed by atoms with E-state index in [0.29, 0.717) is 10.9 Å². The van der Waals surface area contributed by atoms with E-state index in [1.54, 1.807) is 6.07 Å². The van der Waals surface area contributed by atoms with Crippen LogP contribution in [-0.4, -0.2) is 9.91 Å². The summed E-state index contributed by atoms with van der Waals surface area (Å²) in [7, 11) is 0. The van der Waals surface area contributed by atoms with Crippen LogP contribution in [-0.2, 0) is 0 Å². The zero-order valence-electron chi connectivity index (χ0n) is 7.91. The molecule has 0 radical (unpaired) electrons. The van der Waals surface area contributed by atoms with Crippen LogP contribution in [0.4, 0.5) is 4.39 Å². The first-order valence-electron chi connectivity index (χ1n) is 4.36. The van der Waals surface area contributed by atoms with Crippen molar-refractivity contribution in [2.75, 3.05) is 0 Å². The van der Waals surface area contributed by atoms with Crippen LogP contribution < -0.4 is 0 Å². The van der Waals surface area contributed by atoms with E-state index in [4.69, 9.17) is 11.6 Å². The maximum absolute atomic E-state index is 13.5. The summed E-state index contributed by atoms with van der Waals surface area (Å²) in [6, 6.07) is 3.02. The van der Waals surface area contributed by atoms with Crippen LogP contribution in [0, 0.1) is 15.9 Å². The molecule has 4 nitrogen and oxygen atoms in total. The molecule has 0 fully saturated rings. The van der Waals surface area contributed by atoms with Gasteiger partial charge in [-0.1, -0.05) is 17.7 Å². The Morgan fingerprint density at radius 3 is 2.94 bits per heavy atom. The van der Waals surface area contributed by atoms with Crippen molar-refractivity contribution < 1.29 is 9.31 Å². The summed E-state index contributed by atoms with van der Waals surface area (Å²) >= 11 is 5.60. The standard InChI is InChI=1S/C10H6ClFN2O2/c11-8-2-1-7-6(3-4-14(15)16)5-13-10(7)9(8)12/h1-5,13H/b4-3+. The molecule has 0 aliphatic rings. The highest BCUT2D eigenvalue weighted by Crippen LogP contribution is 2.26. The molecule has 0 spiro atoms. The monoisotopic (exact) mass is 240 g/mol. The van der Waals surface area contributed by atoms with E-state index in [2.05, 4.69) is 4.98 Å². The Balaban J connectivity index is 2.58. The number of rotatable bonds is 2. The predicted molar refractivity (Wildman–Crippen MR) is 59.3 cm³/mol. The number of halogens is 2. The van der Waals surface area contributed by atoms with Crippen LogP contribution in [0.15, 0.2) is 24.5 Å². The quantitative estimate of drug-likeness (QED) is 0.647. The van der Waals surface area contributed by atoms with Gasteiger partial charge >= 0.3 is 0 Å². The van der Waals surface area contributed by atoms with Gasteiger partial charge in [0, 0.05) is 23.2 Å². The molecule has 0 atom stereocenters. The minimum atomic E-state index is -0.578. The second-order valence-corrected chi connectivity index (χ2v) is 3.54. The largest absolute Gasteiger partial charge is 0.358 e. The Kier molecular flexibility index (Phi) is 2.62. The lowest BCUT2D eigenvalue weighted by atomic mass is 10.1. The van der Waals surface area contributed by atoms with Crippen molar-refractivity contribution in [2.24, 2.45) is 0 Å². The smallest absolute Gasteiger partial charge is 0.235 e. The van der Waals surface area contributed by atoms with Crippen molar-refractivity contribution in [3.05, 3.63) is 51.0 Å². The fraction of sp³-hybridized carbons (Fsp3) is 0. The number of aromatic nitrogens is 1. The third-order valence-corrected chi connectivity index (χ3v) is 2.45. The summed E-state index contributed by atoms with van der Waals surface area (Å²) < 4.78 is 13.5. The van der Waals surface area contributed by atoms with Crippen molar-refractivity contribution >= 4 is 28.6 Å². The Morgan fingerprint density at radius 1 is 1.50 bits per heavy atom. The number of nitrogens with one attached hydrogen (secondary N) is 1. The van der Waals surface area contributed by atoms with Crippen LogP contribution in [0.2, 0.25) is 5.02 Å². The van der Waals surface area contributed by atoms with Crippen LogP contribution in [0.25, 0.3) is 17.0 Å². The Labute approximate surface area is 94.5 Å². The molecule has 0 saturated heterocycles. The summed E-state index contributed by atoms with van der Waals surface area (Å²) in [4.78, 5) is 12.3. The number of fused-ring (bicyclic) bond motifs is 1. The van der Waals surface area contributed by atoms with Crippen molar-refractivity contribution in [3.8, 4) is 0 Å². The average Bonchev–Trinajstić information content (AvgIpc) is 2.64. The summed E-state index contributed by atoms with van der Waals surface area (Å²) in [5, 5.41) is 10.7. The molecule has 6 heteroatoms. The molecule has 0 bridgehead atoms. The normalized spacial score (nSPS) is 11.4. The van der Waals surface area contributed by atoms with Gasteiger partial charge in [0.2, 0.25) is 6.20 Å². The Morgan fingerprint density at radius 2 is 2.25 bits per heavy atom. The molecule has 1 N–H and O–H groups in total. The summed E-state index contributed by atoms with van der Waals surface area (Å²) in [6.07, 6.45) is 3.59. The van der Waals surface area contributed by atoms with Crippen LogP contribution in [0.3, 0.4) is 0 Å². The molecule has 0 saturated carbocycles. The van der Waals surface area contributed by atoms with E-state index in [0.717, 1.165) is 6.20 Å². The van der Waals surface area contributed by atoms with E-state index >= 15 is 0 Å². The number of benzene rings is 1. The highest BCUT2D eigenvalue weighted by molar-refractivity contribution is 6.31. The SMILES string of the molecule is O=[N+]([O-])/C=C/c1c[nH]c2c(F)c(Cl)ccc12. The van der Waals surface area contributed by atoms with Gasteiger partial charge < -0.3 is 4.98 Å². The van der Waals surface area contributed by atoms with Crippen molar-refractivity contribution in [1.82, 2.24) is 4.98 Å². The lowest BCUT2D eigenvalue weighted by Crippen LogP contribution is -1.82. The second-order valence-electron chi connectivity index (χ2n) is 3.13. The molecule has 1 aromatic carbocycles.